The van der Waals surface area contributed by atoms with Gasteiger partial charge in [0.25, 0.3) is 0 Å². The molecule has 1 aliphatic heterocycles. The van der Waals surface area contributed by atoms with Crippen molar-refractivity contribution >= 4 is 39.1 Å². The average molecular weight is 540 g/mol. The zero-order valence-corrected chi connectivity index (χ0v) is 23.8. The van der Waals surface area contributed by atoms with E-state index in [-0.39, 0.29) is 6.03 Å². The fourth-order valence-electron chi connectivity index (χ4n) is 5.80. The second kappa shape index (κ2) is 11.3. The first-order chi connectivity index (χ1) is 19.1. The minimum absolute atomic E-state index is 0.0267. The van der Waals surface area contributed by atoms with Crippen molar-refractivity contribution in [3.8, 4) is 0 Å². The number of urea groups is 1. The first-order valence-corrected chi connectivity index (χ1v) is 15.1. The number of nitrogens with zero attached hydrogens (tertiary/aromatic N) is 4. The maximum Gasteiger partial charge on any atom is 0.321 e. The van der Waals surface area contributed by atoms with E-state index in [0.717, 1.165) is 73.3 Å². The number of carbonyl (C=O) groups excluding carboxylic acids is 1. The number of rotatable bonds is 6. The summed E-state index contributed by atoms with van der Waals surface area (Å²) in [6.07, 6.45) is 6.18. The maximum absolute atomic E-state index is 13.1. The van der Waals surface area contributed by atoms with Gasteiger partial charge in [0.15, 0.2) is 0 Å². The second-order valence-corrected chi connectivity index (χ2v) is 12.0. The van der Waals surface area contributed by atoms with Gasteiger partial charge in [-0.25, -0.2) is 14.8 Å². The Labute approximate surface area is 235 Å². The molecule has 1 aliphatic carbocycles. The SMILES string of the molecule is CCc1cccc(NC(=O)N2CCN(c3nc(CCc4ccccc4)nc4sc5c(c34)CCC(C)C5)CC2)c1. The summed E-state index contributed by atoms with van der Waals surface area (Å²) >= 11 is 1.87. The molecule has 6 nitrogen and oxygen atoms in total. The highest BCUT2D eigenvalue weighted by Crippen LogP contribution is 2.41. The lowest BCUT2D eigenvalue weighted by molar-refractivity contribution is 0.208. The van der Waals surface area contributed by atoms with Crippen molar-refractivity contribution in [2.24, 2.45) is 5.92 Å². The van der Waals surface area contributed by atoms with Crippen LogP contribution in [0.3, 0.4) is 0 Å². The topological polar surface area (TPSA) is 61.4 Å². The Hall–Kier alpha value is -3.45. The number of carbonyl (C=O) groups is 1. The number of amides is 2. The summed E-state index contributed by atoms with van der Waals surface area (Å²) in [6, 6.07) is 18.7. The van der Waals surface area contributed by atoms with Crippen molar-refractivity contribution in [3.63, 3.8) is 0 Å². The number of aromatic nitrogens is 2. The van der Waals surface area contributed by atoms with Crippen LogP contribution in [0.25, 0.3) is 10.2 Å². The van der Waals surface area contributed by atoms with Crippen LogP contribution >= 0.6 is 11.3 Å². The molecule has 0 bridgehead atoms. The first kappa shape index (κ1) is 25.8. The summed E-state index contributed by atoms with van der Waals surface area (Å²) in [7, 11) is 0. The number of thiophene rings is 1. The van der Waals surface area contributed by atoms with Crippen LogP contribution in [0.5, 0.6) is 0 Å². The quantitative estimate of drug-likeness (QED) is 0.303. The van der Waals surface area contributed by atoms with Gasteiger partial charge in [-0.05, 0) is 66.8 Å². The standard InChI is InChI=1S/C32H37N5OS/c1-3-23-10-7-11-25(21-23)33-32(38)37-18-16-36(17-19-37)30-29-26-14-12-22(2)20-27(26)39-31(29)35-28(34-30)15-13-24-8-5-4-6-9-24/h4-11,21-22H,3,12-20H2,1-2H3,(H,33,38). The van der Waals surface area contributed by atoms with Gasteiger partial charge in [0.1, 0.15) is 16.5 Å². The summed E-state index contributed by atoms with van der Waals surface area (Å²) < 4.78 is 0. The minimum atomic E-state index is -0.0267. The van der Waals surface area contributed by atoms with Crippen LogP contribution in [-0.4, -0.2) is 47.1 Å². The molecular weight excluding hydrogens is 502 g/mol. The largest absolute Gasteiger partial charge is 0.352 e. The van der Waals surface area contributed by atoms with Gasteiger partial charge in [0, 0.05) is 43.2 Å². The highest BCUT2D eigenvalue weighted by atomic mass is 32.1. The van der Waals surface area contributed by atoms with Gasteiger partial charge in [-0.1, -0.05) is 56.3 Å². The minimum Gasteiger partial charge on any atom is -0.352 e. The molecule has 0 saturated carbocycles. The Balaban J connectivity index is 1.22. The van der Waals surface area contributed by atoms with Crippen molar-refractivity contribution < 1.29 is 4.79 Å². The van der Waals surface area contributed by atoms with Crippen LogP contribution in [0.2, 0.25) is 0 Å². The summed E-state index contributed by atoms with van der Waals surface area (Å²) in [4.78, 5) is 30.3. The van der Waals surface area contributed by atoms with Gasteiger partial charge in [-0.3, -0.25) is 0 Å². The number of anilines is 2. The molecule has 2 aliphatic rings. The Kier molecular flexibility index (Phi) is 7.51. The third-order valence-electron chi connectivity index (χ3n) is 8.12. The lowest BCUT2D eigenvalue weighted by Crippen LogP contribution is -2.50. The normalized spacial score (nSPS) is 17.3. The third kappa shape index (κ3) is 5.64. The van der Waals surface area contributed by atoms with E-state index in [0.29, 0.717) is 13.1 Å². The molecule has 1 unspecified atom stereocenters. The third-order valence-corrected chi connectivity index (χ3v) is 9.26. The number of benzene rings is 2. The molecule has 0 radical (unpaired) electrons. The average Bonchev–Trinajstić information content (AvgIpc) is 3.33. The molecule has 7 heteroatoms. The molecule has 2 aromatic carbocycles. The zero-order chi connectivity index (χ0) is 26.8. The molecule has 39 heavy (non-hydrogen) atoms. The van der Waals surface area contributed by atoms with Gasteiger partial charge in [-0.2, -0.15) is 0 Å². The number of piperazine rings is 1. The van der Waals surface area contributed by atoms with E-state index in [1.165, 1.54) is 33.4 Å². The van der Waals surface area contributed by atoms with Crippen LogP contribution in [0.1, 0.15) is 47.7 Å². The highest BCUT2D eigenvalue weighted by molar-refractivity contribution is 7.19. The second-order valence-electron chi connectivity index (χ2n) is 10.9. The highest BCUT2D eigenvalue weighted by Gasteiger charge is 2.28. The molecule has 3 heterocycles. The van der Waals surface area contributed by atoms with Gasteiger partial charge < -0.3 is 15.1 Å². The number of hydrogen-bond acceptors (Lipinski definition) is 5. The summed E-state index contributed by atoms with van der Waals surface area (Å²) in [5, 5.41) is 4.36. The van der Waals surface area contributed by atoms with Crippen molar-refractivity contribution in [2.75, 3.05) is 36.4 Å². The Morgan fingerprint density at radius 2 is 1.79 bits per heavy atom. The number of fused-ring (bicyclic) bond motifs is 3. The monoisotopic (exact) mass is 539 g/mol. The van der Waals surface area contributed by atoms with Crippen molar-refractivity contribution in [3.05, 3.63) is 82.0 Å². The molecule has 2 aromatic heterocycles. The van der Waals surface area contributed by atoms with E-state index in [4.69, 9.17) is 9.97 Å². The molecule has 0 spiro atoms. The predicted molar refractivity (Wildman–Crippen MR) is 161 cm³/mol. The van der Waals surface area contributed by atoms with Crippen molar-refractivity contribution in [1.29, 1.82) is 0 Å². The molecule has 6 rings (SSSR count). The number of hydrogen-bond donors (Lipinski definition) is 1. The van der Waals surface area contributed by atoms with E-state index in [9.17, 15) is 4.79 Å². The van der Waals surface area contributed by atoms with E-state index < -0.39 is 0 Å². The van der Waals surface area contributed by atoms with Crippen LogP contribution in [0, 0.1) is 5.92 Å². The number of aryl methyl sites for hydroxylation is 4. The fraction of sp³-hybridized carbons (Fsp3) is 0.406. The van der Waals surface area contributed by atoms with Crippen LogP contribution in [-0.2, 0) is 32.1 Å². The lowest BCUT2D eigenvalue weighted by atomic mass is 9.89. The summed E-state index contributed by atoms with van der Waals surface area (Å²) in [5.41, 5.74) is 4.86. The molecule has 1 atom stereocenters. The molecular formula is C32H37N5OS. The zero-order valence-electron chi connectivity index (χ0n) is 22.9. The molecule has 1 fully saturated rings. The van der Waals surface area contributed by atoms with Crippen LogP contribution in [0.4, 0.5) is 16.3 Å². The Bertz CT molecular complexity index is 1460. The smallest absolute Gasteiger partial charge is 0.321 e. The van der Waals surface area contributed by atoms with Crippen LogP contribution < -0.4 is 10.2 Å². The lowest BCUT2D eigenvalue weighted by Gasteiger charge is -2.36. The van der Waals surface area contributed by atoms with E-state index in [2.05, 4.69) is 66.5 Å². The Morgan fingerprint density at radius 3 is 2.59 bits per heavy atom. The number of nitrogens with one attached hydrogen (secondary N) is 1. The van der Waals surface area contributed by atoms with Crippen molar-refractivity contribution in [1.82, 2.24) is 14.9 Å². The molecule has 1 saturated heterocycles. The maximum atomic E-state index is 13.1. The van der Waals surface area contributed by atoms with Gasteiger partial charge >= 0.3 is 6.03 Å². The van der Waals surface area contributed by atoms with Gasteiger partial charge in [-0.15, -0.1) is 11.3 Å². The summed E-state index contributed by atoms with van der Waals surface area (Å²) in [5.74, 6) is 2.72. The van der Waals surface area contributed by atoms with E-state index in [1.807, 2.05) is 28.4 Å². The van der Waals surface area contributed by atoms with Crippen molar-refractivity contribution in [2.45, 2.75) is 52.4 Å². The van der Waals surface area contributed by atoms with Gasteiger partial charge in [0.05, 0.1) is 5.39 Å². The van der Waals surface area contributed by atoms with Crippen LogP contribution in [0.15, 0.2) is 54.6 Å². The van der Waals surface area contributed by atoms with E-state index in [1.54, 1.807) is 0 Å². The Morgan fingerprint density at radius 1 is 1.00 bits per heavy atom. The van der Waals surface area contributed by atoms with Gasteiger partial charge in [0.2, 0.25) is 0 Å². The fourth-order valence-corrected chi connectivity index (χ4v) is 7.20. The first-order valence-electron chi connectivity index (χ1n) is 14.3. The predicted octanol–water partition coefficient (Wildman–Crippen LogP) is 6.52. The molecule has 1 N–H and O–H groups in total. The summed E-state index contributed by atoms with van der Waals surface area (Å²) in [6.45, 7) is 7.37. The molecule has 2 amide bonds. The molecule has 4 aromatic rings. The molecule has 202 valence electrons. The van der Waals surface area contributed by atoms with E-state index >= 15 is 0 Å².